The molecular weight excluding hydrogens is 264 g/mol. The SMILES string of the molecule is CN1C(=O)Cc2cc(S(=O)(=O)NC3(C)CC3)ccc21. The summed E-state index contributed by atoms with van der Waals surface area (Å²) in [4.78, 5) is 13.4. The predicted molar refractivity (Wildman–Crippen MR) is 71.5 cm³/mol. The van der Waals surface area contributed by atoms with Gasteiger partial charge in [-0.15, -0.1) is 0 Å². The maximum absolute atomic E-state index is 12.2. The molecule has 5 nitrogen and oxygen atoms in total. The maximum Gasteiger partial charge on any atom is 0.241 e. The first-order valence-electron chi connectivity index (χ1n) is 6.24. The van der Waals surface area contributed by atoms with Crippen LogP contribution in [0, 0.1) is 0 Å². The van der Waals surface area contributed by atoms with Crippen molar-refractivity contribution in [3.8, 4) is 0 Å². The van der Waals surface area contributed by atoms with E-state index < -0.39 is 10.0 Å². The van der Waals surface area contributed by atoms with Gasteiger partial charge >= 0.3 is 0 Å². The fraction of sp³-hybridized carbons (Fsp3) is 0.462. The average Bonchev–Trinajstić information content (AvgIpc) is 2.96. The van der Waals surface area contributed by atoms with Gasteiger partial charge in [-0.2, -0.15) is 0 Å². The molecule has 1 N–H and O–H groups in total. The van der Waals surface area contributed by atoms with Crippen LogP contribution >= 0.6 is 0 Å². The van der Waals surface area contributed by atoms with Crippen LogP contribution in [0.15, 0.2) is 23.1 Å². The van der Waals surface area contributed by atoms with Crippen molar-refractivity contribution in [2.24, 2.45) is 0 Å². The van der Waals surface area contributed by atoms with Crippen LogP contribution in [0.2, 0.25) is 0 Å². The standard InChI is InChI=1S/C13H16N2O3S/c1-13(5-6-13)14-19(17,18)10-3-4-11-9(7-10)8-12(16)15(11)2/h3-4,7,14H,5-6,8H2,1-2H3. The lowest BCUT2D eigenvalue weighted by Crippen LogP contribution is -2.34. The maximum atomic E-state index is 12.2. The first-order chi connectivity index (χ1) is 8.81. The molecule has 1 aliphatic carbocycles. The number of amides is 1. The monoisotopic (exact) mass is 280 g/mol. The summed E-state index contributed by atoms with van der Waals surface area (Å²) >= 11 is 0. The fourth-order valence-electron chi connectivity index (χ4n) is 2.29. The minimum atomic E-state index is -3.49. The molecule has 2 aliphatic rings. The molecule has 0 radical (unpaired) electrons. The van der Waals surface area contributed by atoms with Gasteiger partial charge in [0, 0.05) is 18.3 Å². The molecule has 1 amide bonds. The van der Waals surface area contributed by atoms with Crippen LogP contribution < -0.4 is 9.62 Å². The zero-order chi connectivity index (χ0) is 13.8. The topological polar surface area (TPSA) is 66.5 Å². The lowest BCUT2D eigenvalue weighted by molar-refractivity contribution is -0.117. The minimum absolute atomic E-state index is 0.00772. The van der Waals surface area contributed by atoms with Crippen molar-refractivity contribution < 1.29 is 13.2 Å². The van der Waals surface area contributed by atoms with Gasteiger partial charge in [0.05, 0.1) is 11.3 Å². The third-order valence-corrected chi connectivity index (χ3v) is 5.46. The van der Waals surface area contributed by atoms with Gasteiger partial charge < -0.3 is 4.90 Å². The minimum Gasteiger partial charge on any atom is -0.315 e. The molecule has 1 aliphatic heterocycles. The van der Waals surface area contributed by atoms with Crippen molar-refractivity contribution in [1.82, 2.24) is 4.72 Å². The Hall–Kier alpha value is -1.40. The first-order valence-corrected chi connectivity index (χ1v) is 7.73. The van der Waals surface area contributed by atoms with Crippen LogP contribution in [-0.2, 0) is 21.2 Å². The predicted octanol–water partition coefficient (Wildman–Crippen LogP) is 1.04. The van der Waals surface area contributed by atoms with Crippen LogP contribution in [0.4, 0.5) is 5.69 Å². The van der Waals surface area contributed by atoms with Gasteiger partial charge in [0.2, 0.25) is 15.9 Å². The van der Waals surface area contributed by atoms with E-state index in [1.165, 1.54) is 0 Å². The van der Waals surface area contributed by atoms with Crippen molar-refractivity contribution in [3.05, 3.63) is 23.8 Å². The number of sulfonamides is 1. The molecule has 0 unspecified atom stereocenters. The number of nitrogens with zero attached hydrogens (tertiary/aromatic N) is 1. The molecule has 0 saturated heterocycles. The van der Waals surface area contributed by atoms with E-state index in [1.807, 2.05) is 6.92 Å². The van der Waals surface area contributed by atoms with E-state index in [0.717, 1.165) is 24.1 Å². The summed E-state index contributed by atoms with van der Waals surface area (Å²) in [5.41, 5.74) is 1.28. The molecule has 0 spiro atoms. The highest BCUT2D eigenvalue weighted by Gasteiger charge is 2.41. The number of benzene rings is 1. The Bertz CT molecular complexity index is 662. The highest BCUT2D eigenvalue weighted by Crippen LogP contribution is 2.36. The molecule has 1 aromatic rings. The third kappa shape index (κ3) is 2.15. The Morgan fingerprint density at radius 1 is 1.32 bits per heavy atom. The molecule has 1 fully saturated rings. The molecule has 0 aromatic heterocycles. The largest absolute Gasteiger partial charge is 0.315 e. The Balaban J connectivity index is 1.95. The smallest absolute Gasteiger partial charge is 0.241 e. The quantitative estimate of drug-likeness (QED) is 0.899. The number of likely N-dealkylation sites (N-methyl/N-ethyl adjacent to an activating group) is 1. The normalized spacial score (nSPS) is 20.5. The molecule has 1 heterocycles. The van der Waals surface area contributed by atoms with Crippen molar-refractivity contribution >= 4 is 21.6 Å². The van der Waals surface area contributed by atoms with Gasteiger partial charge in [-0.1, -0.05) is 0 Å². The Morgan fingerprint density at radius 3 is 2.63 bits per heavy atom. The van der Waals surface area contributed by atoms with Gasteiger partial charge in [0.25, 0.3) is 0 Å². The Kier molecular flexibility index (Phi) is 2.53. The summed E-state index contributed by atoms with van der Waals surface area (Å²) in [6.07, 6.45) is 2.02. The number of anilines is 1. The summed E-state index contributed by atoms with van der Waals surface area (Å²) < 4.78 is 27.2. The van der Waals surface area contributed by atoms with E-state index >= 15 is 0 Å². The first kappa shape index (κ1) is 12.6. The van der Waals surface area contributed by atoms with Crippen LogP contribution in [0.1, 0.15) is 25.3 Å². The van der Waals surface area contributed by atoms with Gasteiger partial charge in [-0.3, -0.25) is 4.79 Å². The van der Waals surface area contributed by atoms with Crippen molar-refractivity contribution in [2.45, 2.75) is 36.6 Å². The third-order valence-electron chi connectivity index (χ3n) is 3.82. The van der Waals surface area contributed by atoms with Crippen LogP contribution in [0.25, 0.3) is 0 Å². The lowest BCUT2D eigenvalue weighted by atomic mass is 10.2. The average molecular weight is 280 g/mol. The van der Waals surface area contributed by atoms with E-state index in [9.17, 15) is 13.2 Å². The summed E-state index contributed by atoms with van der Waals surface area (Å²) in [5, 5.41) is 0. The Morgan fingerprint density at radius 2 is 2.00 bits per heavy atom. The lowest BCUT2D eigenvalue weighted by Gasteiger charge is -2.14. The summed E-state index contributed by atoms with van der Waals surface area (Å²) in [6.45, 7) is 1.90. The second kappa shape index (κ2) is 3.80. The van der Waals surface area contributed by atoms with Crippen molar-refractivity contribution in [1.29, 1.82) is 0 Å². The molecule has 0 atom stereocenters. The van der Waals surface area contributed by atoms with Crippen LogP contribution in [0.3, 0.4) is 0 Å². The molecule has 1 aromatic carbocycles. The number of hydrogen-bond acceptors (Lipinski definition) is 3. The van der Waals surface area contributed by atoms with E-state index in [0.29, 0.717) is 0 Å². The van der Waals surface area contributed by atoms with Crippen LogP contribution in [0.5, 0.6) is 0 Å². The van der Waals surface area contributed by atoms with E-state index in [1.54, 1.807) is 30.1 Å². The molecule has 3 rings (SSSR count). The highest BCUT2D eigenvalue weighted by atomic mass is 32.2. The molecule has 6 heteroatoms. The Labute approximate surface area is 112 Å². The number of hydrogen-bond donors (Lipinski definition) is 1. The van der Waals surface area contributed by atoms with E-state index in [-0.39, 0.29) is 22.8 Å². The molecule has 0 bridgehead atoms. The van der Waals surface area contributed by atoms with E-state index in [2.05, 4.69) is 4.72 Å². The second-order valence-corrected chi connectivity index (χ2v) is 7.27. The number of carbonyl (C=O) groups excluding carboxylic acids is 1. The van der Waals surface area contributed by atoms with Gasteiger partial charge in [-0.05, 0) is 43.5 Å². The number of nitrogens with one attached hydrogen (secondary N) is 1. The van der Waals surface area contributed by atoms with Crippen LogP contribution in [-0.4, -0.2) is 26.9 Å². The summed E-state index contributed by atoms with van der Waals surface area (Å²) in [6, 6.07) is 4.86. The zero-order valence-electron chi connectivity index (χ0n) is 10.9. The summed E-state index contributed by atoms with van der Waals surface area (Å²) in [7, 11) is -1.79. The number of rotatable bonds is 3. The summed E-state index contributed by atoms with van der Waals surface area (Å²) in [5.74, 6) is -0.00772. The van der Waals surface area contributed by atoms with Crippen molar-refractivity contribution in [2.75, 3.05) is 11.9 Å². The molecule has 19 heavy (non-hydrogen) atoms. The van der Waals surface area contributed by atoms with Gasteiger partial charge in [-0.25, -0.2) is 13.1 Å². The fourth-order valence-corrected chi connectivity index (χ4v) is 3.80. The molecule has 1 saturated carbocycles. The van der Waals surface area contributed by atoms with Crippen molar-refractivity contribution in [3.63, 3.8) is 0 Å². The van der Waals surface area contributed by atoms with E-state index in [4.69, 9.17) is 0 Å². The molecule has 102 valence electrons. The van der Waals surface area contributed by atoms with Gasteiger partial charge in [0.1, 0.15) is 0 Å². The highest BCUT2D eigenvalue weighted by molar-refractivity contribution is 7.89. The zero-order valence-corrected chi connectivity index (χ0v) is 11.8. The molecular formula is C13H16N2O3S. The van der Waals surface area contributed by atoms with Gasteiger partial charge in [0.15, 0.2) is 0 Å². The number of fused-ring (bicyclic) bond motifs is 1. The number of carbonyl (C=O) groups is 1. The second-order valence-electron chi connectivity index (χ2n) is 5.59.